The highest BCUT2D eigenvalue weighted by atomic mass is 79.9. The highest BCUT2D eigenvalue weighted by Gasteiger charge is 2.35. The van der Waals surface area contributed by atoms with Gasteiger partial charge in [0.25, 0.3) is 10.0 Å². The fourth-order valence-corrected chi connectivity index (χ4v) is 5.28. The molecule has 25 heavy (non-hydrogen) atoms. The van der Waals surface area contributed by atoms with E-state index in [2.05, 4.69) is 20.7 Å². The smallest absolute Gasteiger partial charge is 0.264 e. The first-order valence-electron chi connectivity index (χ1n) is 7.59. The summed E-state index contributed by atoms with van der Waals surface area (Å²) in [6.45, 7) is 3.34. The van der Waals surface area contributed by atoms with E-state index < -0.39 is 10.0 Å². The number of amides is 1. The molecule has 8 heteroatoms. The number of nitrogens with one attached hydrogen (secondary N) is 1. The Kier molecular flexibility index (Phi) is 4.83. The number of hydrogen-bond donors (Lipinski definition) is 1. The summed E-state index contributed by atoms with van der Waals surface area (Å²) in [4.78, 5) is 13.7. The predicted molar refractivity (Wildman–Crippen MR) is 103 cm³/mol. The van der Waals surface area contributed by atoms with Crippen molar-refractivity contribution in [3.63, 3.8) is 0 Å². The van der Waals surface area contributed by atoms with Gasteiger partial charge in [-0.3, -0.25) is 9.52 Å². The van der Waals surface area contributed by atoms with Gasteiger partial charge in [0.15, 0.2) is 0 Å². The van der Waals surface area contributed by atoms with Gasteiger partial charge in [0.05, 0.1) is 11.4 Å². The maximum Gasteiger partial charge on any atom is 0.264 e. The minimum atomic E-state index is -3.90. The summed E-state index contributed by atoms with van der Waals surface area (Å²) in [5.74, 6) is -0.187. The van der Waals surface area contributed by atoms with E-state index in [9.17, 15) is 13.2 Å². The van der Waals surface area contributed by atoms with Crippen LogP contribution in [-0.4, -0.2) is 20.4 Å². The van der Waals surface area contributed by atoms with Crippen LogP contribution in [0.1, 0.15) is 19.4 Å². The number of anilines is 2. The number of carbonyl (C=O) groups excluding carboxylic acids is 1. The van der Waals surface area contributed by atoms with Crippen LogP contribution >= 0.6 is 27.5 Å². The van der Waals surface area contributed by atoms with Crippen molar-refractivity contribution in [2.75, 3.05) is 9.62 Å². The van der Waals surface area contributed by atoms with Gasteiger partial charge in [-0.15, -0.1) is 0 Å². The van der Waals surface area contributed by atoms with E-state index in [1.165, 1.54) is 24.0 Å². The zero-order chi connectivity index (χ0) is 18.4. The Morgan fingerprint density at radius 3 is 2.68 bits per heavy atom. The highest BCUT2D eigenvalue weighted by molar-refractivity contribution is 9.10. The van der Waals surface area contributed by atoms with Crippen molar-refractivity contribution in [2.45, 2.75) is 31.2 Å². The molecule has 2 aromatic carbocycles. The molecule has 0 saturated heterocycles. The van der Waals surface area contributed by atoms with Crippen molar-refractivity contribution in [1.29, 1.82) is 0 Å². The molecule has 3 rings (SSSR count). The molecule has 0 unspecified atom stereocenters. The third-order valence-electron chi connectivity index (χ3n) is 4.02. The van der Waals surface area contributed by atoms with Crippen LogP contribution in [0.15, 0.2) is 45.8 Å². The molecule has 0 saturated carbocycles. The molecule has 0 aromatic heterocycles. The van der Waals surface area contributed by atoms with E-state index in [4.69, 9.17) is 11.6 Å². The normalized spacial score (nSPS) is 16.6. The molecule has 1 atom stereocenters. The van der Waals surface area contributed by atoms with Crippen LogP contribution in [0.3, 0.4) is 0 Å². The summed E-state index contributed by atoms with van der Waals surface area (Å²) < 4.78 is 29.2. The van der Waals surface area contributed by atoms with Gasteiger partial charge in [-0.2, -0.15) is 0 Å². The molecule has 132 valence electrons. The van der Waals surface area contributed by atoms with Crippen LogP contribution < -0.4 is 9.62 Å². The molecule has 0 bridgehead atoms. The topological polar surface area (TPSA) is 66.5 Å². The first-order chi connectivity index (χ1) is 11.7. The fourth-order valence-electron chi connectivity index (χ4n) is 3.12. The van der Waals surface area contributed by atoms with E-state index in [0.29, 0.717) is 27.3 Å². The Labute approximate surface area is 160 Å². The average Bonchev–Trinajstić information content (AvgIpc) is 2.81. The number of hydrogen-bond acceptors (Lipinski definition) is 3. The molecule has 2 aromatic rings. The van der Waals surface area contributed by atoms with Gasteiger partial charge in [-0.1, -0.05) is 33.6 Å². The molecule has 1 aliphatic heterocycles. The molecule has 0 aliphatic carbocycles. The van der Waals surface area contributed by atoms with Gasteiger partial charge in [-0.25, -0.2) is 8.42 Å². The predicted octanol–water partition coefficient (Wildman–Crippen LogP) is 4.20. The maximum atomic E-state index is 13.0. The van der Waals surface area contributed by atoms with Crippen molar-refractivity contribution in [2.24, 2.45) is 0 Å². The summed E-state index contributed by atoms with van der Waals surface area (Å²) in [5.41, 5.74) is 1.63. The standard InChI is InChI=1S/C17H16BrClN2O3S/c1-10-6-12-7-13(18)8-16(17(12)21(10)11(2)22)25(23,24)20-15-5-3-4-14(19)9-15/h3-5,7-10,20H,6H2,1-2H3/t10-/m0/s1. The van der Waals surface area contributed by atoms with Crippen LogP contribution in [0.25, 0.3) is 0 Å². The van der Waals surface area contributed by atoms with Gasteiger partial charge in [0.2, 0.25) is 5.91 Å². The van der Waals surface area contributed by atoms with E-state index >= 15 is 0 Å². The number of halogens is 2. The zero-order valence-corrected chi connectivity index (χ0v) is 16.7. The van der Waals surface area contributed by atoms with E-state index in [1.54, 1.807) is 18.2 Å². The molecule has 0 spiro atoms. The van der Waals surface area contributed by atoms with Crippen molar-refractivity contribution in [3.8, 4) is 0 Å². The first kappa shape index (κ1) is 18.2. The second kappa shape index (κ2) is 6.63. The Morgan fingerprint density at radius 1 is 1.32 bits per heavy atom. The molecule has 0 fully saturated rings. The molecular weight excluding hydrogens is 428 g/mol. The Bertz CT molecular complexity index is 962. The van der Waals surface area contributed by atoms with Gasteiger partial charge in [0.1, 0.15) is 4.90 Å². The minimum absolute atomic E-state index is 0.0661. The number of carbonyl (C=O) groups is 1. The lowest BCUT2D eigenvalue weighted by molar-refractivity contribution is -0.116. The van der Waals surface area contributed by atoms with Gasteiger partial charge < -0.3 is 4.90 Å². The van der Waals surface area contributed by atoms with Crippen LogP contribution in [-0.2, 0) is 21.2 Å². The van der Waals surface area contributed by atoms with Crippen molar-refractivity contribution >= 4 is 54.8 Å². The molecule has 1 aliphatic rings. The van der Waals surface area contributed by atoms with Crippen LogP contribution in [0.4, 0.5) is 11.4 Å². The second-order valence-electron chi connectivity index (χ2n) is 5.97. The summed E-state index contributed by atoms with van der Waals surface area (Å²) in [6, 6.07) is 9.75. The third-order valence-corrected chi connectivity index (χ3v) is 6.11. The van der Waals surface area contributed by atoms with Gasteiger partial charge >= 0.3 is 0 Å². The Balaban J connectivity index is 2.13. The third kappa shape index (κ3) is 3.54. The summed E-state index contributed by atoms with van der Waals surface area (Å²) >= 11 is 9.29. The summed E-state index contributed by atoms with van der Waals surface area (Å²) in [5, 5.41) is 0.429. The lowest BCUT2D eigenvalue weighted by Gasteiger charge is -2.23. The van der Waals surface area contributed by atoms with E-state index in [0.717, 1.165) is 5.56 Å². The molecule has 1 N–H and O–H groups in total. The molecule has 1 amide bonds. The van der Waals surface area contributed by atoms with Crippen molar-refractivity contribution in [1.82, 2.24) is 0 Å². The number of fused-ring (bicyclic) bond motifs is 1. The Morgan fingerprint density at radius 2 is 2.04 bits per heavy atom. The number of nitrogens with zero attached hydrogens (tertiary/aromatic N) is 1. The van der Waals surface area contributed by atoms with Gasteiger partial charge in [-0.05, 0) is 49.2 Å². The number of rotatable bonds is 3. The molecule has 5 nitrogen and oxygen atoms in total. The second-order valence-corrected chi connectivity index (χ2v) is 8.97. The number of sulfonamides is 1. The highest BCUT2D eigenvalue weighted by Crippen LogP contribution is 2.40. The quantitative estimate of drug-likeness (QED) is 0.773. The van der Waals surface area contributed by atoms with Crippen molar-refractivity contribution in [3.05, 3.63) is 51.5 Å². The fraction of sp³-hybridized carbons (Fsp3) is 0.235. The zero-order valence-electron chi connectivity index (χ0n) is 13.6. The largest absolute Gasteiger partial charge is 0.308 e. The lowest BCUT2D eigenvalue weighted by atomic mass is 10.1. The summed E-state index contributed by atoms with van der Waals surface area (Å²) in [7, 11) is -3.90. The van der Waals surface area contributed by atoms with Crippen LogP contribution in [0.5, 0.6) is 0 Å². The van der Waals surface area contributed by atoms with Crippen LogP contribution in [0, 0.1) is 0 Å². The molecule has 0 radical (unpaired) electrons. The Hall–Kier alpha value is -1.57. The average molecular weight is 444 g/mol. The SMILES string of the molecule is CC(=O)N1c2c(cc(Br)cc2S(=O)(=O)Nc2cccc(Cl)c2)C[C@@H]1C. The van der Waals surface area contributed by atoms with Crippen molar-refractivity contribution < 1.29 is 13.2 Å². The summed E-state index contributed by atoms with van der Waals surface area (Å²) in [6.07, 6.45) is 0.605. The van der Waals surface area contributed by atoms with E-state index in [1.807, 2.05) is 13.0 Å². The van der Waals surface area contributed by atoms with Crippen LogP contribution in [0.2, 0.25) is 5.02 Å². The monoisotopic (exact) mass is 442 g/mol. The maximum absolute atomic E-state index is 13.0. The lowest BCUT2D eigenvalue weighted by Crippen LogP contribution is -2.34. The molecular formula is C17H16BrClN2O3S. The first-order valence-corrected chi connectivity index (χ1v) is 10.2. The van der Waals surface area contributed by atoms with Gasteiger partial charge in [0, 0.05) is 22.5 Å². The minimum Gasteiger partial charge on any atom is -0.308 e. The number of benzene rings is 2. The molecule has 1 heterocycles. The van der Waals surface area contributed by atoms with E-state index in [-0.39, 0.29) is 16.8 Å².